The van der Waals surface area contributed by atoms with Crippen LogP contribution in [0.15, 0.2) is 23.1 Å². The first-order valence-corrected chi connectivity index (χ1v) is 13.2. The van der Waals surface area contributed by atoms with E-state index < -0.39 is 0 Å². The van der Waals surface area contributed by atoms with Crippen LogP contribution in [0.2, 0.25) is 0 Å². The molecule has 0 bridgehead atoms. The van der Waals surface area contributed by atoms with Gasteiger partial charge in [0.05, 0.1) is 35.3 Å². The van der Waals surface area contributed by atoms with Crippen LogP contribution >= 0.6 is 12.4 Å². The minimum Gasteiger partial charge on any atom is -0.384 e. The largest absolute Gasteiger partial charge is 0.384 e. The molecule has 37 heavy (non-hydrogen) atoms. The number of ether oxygens (including phenoxy) is 2. The number of nitrogens with zero attached hydrogens (tertiary/aromatic N) is 4. The lowest BCUT2D eigenvalue weighted by Crippen LogP contribution is -2.56. The smallest absolute Gasteiger partial charge is 0.259 e. The molecule has 0 saturated carbocycles. The topological polar surface area (TPSA) is 92.7 Å². The van der Waals surface area contributed by atoms with E-state index in [0.29, 0.717) is 36.1 Å². The Balaban J connectivity index is 0.00000280. The number of fused-ring (bicyclic) bond motifs is 3. The lowest BCUT2D eigenvalue weighted by molar-refractivity contribution is -0.0116. The van der Waals surface area contributed by atoms with Crippen LogP contribution in [0, 0.1) is 12.8 Å². The van der Waals surface area contributed by atoms with Crippen molar-refractivity contribution in [3.05, 3.63) is 39.8 Å². The average Bonchev–Trinajstić information content (AvgIpc) is 3.32. The molecule has 0 atom stereocenters. The van der Waals surface area contributed by atoms with E-state index in [1.54, 1.807) is 13.3 Å². The summed E-state index contributed by atoms with van der Waals surface area (Å²) in [5, 5.41) is 6.05. The molecule has 3 aromatic rings. The van der Waals surface area contributed by atoms with Crippen LogP contribution in [0.5, 0.6) is 0 Å². The Bertz CT molecular complexity index is 1330. The van der Waals surface area contributed by atoms with Crippen molar-refractivity contribution >= 4 is 40.1 Å². The molecule has 5 heterocycles. The van der Waals surface area contributed by atoms with Crippen molar-refractivity contribution in [2.45, 2.75) is 44.7 Å². The summed E-state index contributed by atoms with van der Waals surface area (Å²) in [6.07, 6.45) is 5.39. The van der Waals surface area contributed by atoms with Gasteiger partial charge in [-0.1, -0.05) is 0 Å². The van der Waals surface area contributed by atoms with Gasteiger partial charge in [-0.25, -0.2) is 0 Å². The van der Waals surface area contributed by atoms with Crippen molar-refractivity contribution in [3.63, 3.8) is 0 Å². The molecular formula is C27H36ClN5O4. The number of nitrogens with one attached hydrogen (secondary N) is 1. The standard InChI is InChI=1S/C27H35N5O4.ClH/c1-17-11-24-22(25-23(26(33)29-24)13-28-32(25)20-5-9-36-10-6-20)12-21(17)27(34)30-7-3-19(4-8-30)31-14-18(15-31)16-35-2;/h11-13,18-20H,3-10,14-16H2,1-2H3,(H,29,33);1H. The van der Waals surface area contributed by atoms with Gasteiger partial charge in [-0.05, 0) is 50.3 Å². The van der Waals surface area contributed by atoms with Gasteiger partial charge in [-0.3, -0.25) is 19.2 Å². The molecular weight excluding hydrogens is 494 g/mol. The first-order chi connectivity index (χ1) is 17.5. The highest BCUT2D eigenvalue weighted by molar-refractivity contribution is 6.07. The number of methoxy groups -OCH3 is 1. The van der Waals surface area contributed by atoms with Gasteiger partial charge in [-0.2, -0.15) is 5.10 Å². The molecule has 9 nitrogen and oxygen atoms in total. The van der Waals surface area contributed by atoms with E-state index in [2.05, 4.69) is 15.0 Å². The molecule has 3 aliphatic heterocycles. The number of hydrogen-bond acceptors (Lipinski definition) is 6. The Morgan fingerprint density at radius 2 is 1.84 bits per heavy atom. The van der Waals surface area contributed by atoms with E-state index in [1.165, 1.54) is 0 Å². The van der Waals surface area contributed by atoms with Gasteiger partial charge < -0.3 is 19.4 Å². The van der Waals surface area contributed by atoms with Crippen LogP contribution in [-0.2, 0) is 9.47 Å². The summed E-state index contributed by atoms with van der Waals surface area (Å²) in [7, 11) is 1.77. The third-order valence-electron chi connectivity index (χ3n) is 8.33. The summed E-state index contributed by atoms with van der Waals surface area (Å²) >= 11 is 0. The summed E-state index contributed by atoms with van der Waals surface area (Å²) in [5.74, 6) is 0.720. The number of aromatic amines is 1. The van der Waals surface area contributed by atoms with Crippen LogP contribution in [-0.4, -0.2) is 89.6 Å². The van der Waals surface area contributed by atoms with Crippen LogP contribution in [0.4, 0.5) is 0 Å². The average molecular weight is 530 g/mol. The maximum atomic E-state index is 13.7. The van der Waals surface area contributed by atoms with Gasteiger partial charge in [-0.15, -0.1) is 12.4 Å². The monoisotopic (exact) mass is 529 g/mol. The van der Waals surface area contributed by atoms with Crippen LogP contribution in [0.25, 0.3) is 21.8 Å². The second kappa shape index (κ2) is 10.7. The summed E-state index contributed by atoms with van der Waals surface area (Å²) in [4.78, 5) is 34.0. The van der Waals surface area contributed by atoms with Crippen molar-refractivity contribution < 1.29 is 14.3 Å². The first kappa shape index (κ1) is 26.2. The number of carbonyl (C=O) groups excluding carboxylic acids is 1. The highest BCUT2D eigenvalue weighted by Crippen LogP contribution is 2.31. The summed E-state index contributed by atoms with van der Waals surface area (Å²) < 4.78 is 12.8. The number of halogens is 1. The van der Waals surface area contributed by atoms with E-state index in [-0.39, 0.29) is 29.9 Å². The fraction of sp³-hybridized carbons (Fsp3) is 0.593. The van der Waals surface area contributed by atoms with Gasteiger partial charge in [0.25, 0.3) is 11.5 Å². The summed E-state index contributed by atoms with van der Waals surface area (Å²) in [6, 6.07) is 4.65. The molecule has 6 rings (SSSR count). The number of likely N-dealkylation sites (tertiary alicyclic amines) is 2. The lowest BCUT2D eigenvalue weighted by Gasteiger charge is -2.47. The number of piperidine rings is 1. The molecule has 0 aliphatic carbocycles. The third-order valence-corrected chi connectivity index (χ3v) is 8.33. The Kier molecular flexibility index (Phi) is 7.58. The molecule has 1 amide bonds. The minimum atomic E-state index is -0.143. The van der Waals surface area contributed by atoms with Gasteiger partial charge in [0.1, 0.15) is 0 Å². The SMILES string of the molecule is COCC1CN(C2CCN(C(=O)c3cc4c(cc3C)[nH]c(=O)c3cnn(C5CCOCC5)c34)CC2)C1.Cl. The zero-order valence-electron chi connectivity index (χ0n) is 21.6. The highest BCUT2D eigenvalue weighted by Gasteiger charge is 2.35. The lowest BCUT2D eigenvalue weighted by atomic mass is 9.93. The van der Waals surface area contributed by atoms with Crippen molar-refractivity contribution in [1.29, 1.82) is 0 Å². The zero-order chi connectivity index (χ0) is 24.8. The van der Waals surface area contributed by atoms with Gasteiger partial charge in [0.15, 0.2) is 0 Å². The quantitative estimate of drug-likeness (QED) is 0.546. The van der Waals surface area contributed by atoms with E-state index >= 15 is 0 Å². The molecule has 0 unspecified atom stereocenters. The molecule has 2 aromatic heterocycles. The molecule has 0 spiro atoms. The van der Waals surface area contributed by atoms with E-state index in [9.17, 15) is 9.59 Å². The van der Waals surface area contributed by atoms with E-state index in [0.717, 1.165) is 80.5 Å². The molecule has 3 aliphatic rings. The Hall–Kier alpha value is -2.46. The van der Waals surface area contributed by atoms with Gasteiger partial charge >= 0.3 is 0 Å². The van der Waals surface area contributed by atoms with Crippen molar-refractivity contribution in [2.24, 2.45) is 5.92 Å². The fourth-order valence-electron chi connectivity index (χ4n) is 6.28. The maximum Gasteiger partial charge on any atom is 0.259 e. The van der Waals surface area contributed by atoms with Gasteiger partial charge in [0.2, 0.25) is 0 Å². The number of H-pyrrole nitrogens is 1. The third kappa shape index (κ3) is 4.78. The number of amides is 1. The van der Waals surface area contributed by atoms with Crippen molar-refractivity contribution in [2.75, 3.05) is 53.1 Å². The zero-order valence-corrected chi connectivity index (χ0v) is 22.4. The van der Waals surface area contributed by atoms with Crippen LogP contribution in [0.1, 0.15) is 47.6 Å². The summed E-state index contributed by atoms with van der Waals surface area (Å²) in [5.41, 5.74) is 3.01. The van der Waals surface area contributed by atoms with Crippen LogP contribution in [0.3, 0.4) is 0 Å². The predicted molar refractivity (Wildman–Crippen MR) is 145 cm³/mol. The number of benzene rings is 1. The molecule has 1 N–H and O–H groups in total. The summed E-state index contributed by atoms with van der Waals surface area (Å²) in [6.45, 7) is 7.92. The number of carbonyl (C=O) groups is 1. The number of pyridine rings is 1. The number of aromatic nitrogens is 3. The normalized spacial score (nSPS) is 20.3. The molecule has 1 aromatic carbocycles. The Morgan fingerprint density at radius 1 is 1.11 bits per heavy atom. The second-order valence-electron chi connectivity index (χ2n) is 10.7. The Morgan fingerprint density at radius 3 is 2.54 bits per heavy atom. The molecule has 10 heteroatoms. The van der Waals surface area contributed by atoms with Crippen LogP contribution < -0.4 is 5.56 Å². The molecule has 3 saturated heterocycles. The minimum absolute atomic E-state index is 0. The number of aryl methyl sites for hydroxylation is 1. The molecule has 200 valence electrons. The van der Waals surface area contributed by atoms with Crippen molar-refractivity contribution in [1.82, 2.24) is 24.6 Å². The Labute approximate surface area is 222 Å². The first-order valence-electron chi connectivity index (χ1n) is 13.2. The molecule has 0 radical (unpaired) electrons. The fourth-order valence-corrected chi connectivity index (χ4v) is 6.28. The van der Waals surface area contributed by atoms with Crippen molar-refractivity contribution in [3.8, 4) is 0 Å². The maximum absolute atomic E-state index is 13.7. The van der Waals surface area contributed by atoms with E-state index in [4.69, 9.17) is 9.47 Å². The second-order valence-corrected chi connectivity index (χ2v) is 10.7. The van der Waals surface area contributed by atoms with E-state index in [1.807, 2.05) is 28.6 Å². The number of rotatable bonds is 5. The predicted octanol–water partition coefficient (Wildman–Crippen LogP) is 3.14. The van der Waals surface area contributed by atoms with Gasteiger partial charge in [0, 0.05) is 69.4 Å². The number of hydrogen-bond donors (Lipinski definition) is 1. The molecule has 3 fully saturated rings. The highest BCUT2D eigenvalue weighted by atomic mass is 35.5.